The number of hydroxylamine groups is 2. The maximum Gasteiger partial charge on any atom is 0.320 e. The molecule has 4 saturated carbocycles. The van der Waals surface area contributed by atoms with Crippen molar-refractivity contribution in [3.63, 3.8) is 0 Å². The van der Waals surface area contributed by atoms with Crippen molar-refractivity contribution >= 4 is 23.5 Å². The van der Waals surface area contributed by atoms with Crippen LogP contribution in [0.3, 0.4) is 0 Å². The van der Waals surface area contributed by atoms with Crippen LogP contribution in [0.5, 0.6) is 0 Å². The molecule has 1 saturated heterocycles. The number of carbonyl (C=O) groups is 3. The molecule has 0 aromatic heterocycles. The molecule has 8 nitrogen and oxygen atoms in total. The van der Waals surface area contributed by atoms with Crippen LogP contribution in [0.4, 0.5) is 10.5 Å². The molecule has 4 bridgehead atoms. The summed E-state index contributed by atoms with van der Waals surface area (Å²) in [5.74, 6) is 0.923. The number of rotatable bonds is 6. The molecule has 3 N–H and O–H groups in total. The monoisotopic (exact) mass is 544 g/mol. The van der Waals surface area contributed by atoms with Crippen LogP contribution in [0.1, 0.15) is 75.0 Å². The van der Waals surface area contributed by atoms with E-state index in [1.807, 2.05) is 55.5 Å². The lowest BCUT2D eigenvalue weighted by Crippen LogP contribution is -2.62. The van der Waals surface area contributed by atoms with E-state index >= 15 is 0 Å². The number of anilines is 1. The average Bonchev–Trinajstić information content (AvgIpc) is 3.07. The third kappa shape index (κ3) is 4.87. The number of nitrogens with two attached hydrogens (primary N) is 1. The normalized spacial score (nSPS) is 31.1. The number of likely N-dealkylation sites (tertiary alicyclic amines) is 1. The van der Waals surface area contributed by atoms with Crippen LogP contribution in [-0.4, -0.2) is 51.1 Å². The van der Waals surface area contributed by atoms with Gasteiger partial charge in [-0.2, -0.15) is 0 Å². The van der Waals surface area contributed by atoms with Gasteiger partial charge >= 0.3 is 6.03 Å². The van der Waals surface area contributed by atoms with E-state index in [0.717, 1.165) is 35.5 Å². The zero-order chi connectivity index (χ0) is 28.0. The van der Waals surface area contributed by atoms with Crippen LogP contribution >= 0.6 is 0 Å². The van der Waals surface area contributed by atoms with Gasteiger partial charge in [0, 0.05) is 5.69 Å². The number of urea groups is 1. The molecule has 1 aliphatic heterocycles. The minimum atomic E-state index is -0.840. The minimum absolute atomic E-state index is 0.242. The summed E-state index contributed by atoms with van der Waals surface area (Å²) in [6, 6.07) is 15.2. The molecule has 7 rings (SSSR count). The molecule has 4 amide bonds. The topological polar surface area (TPSA) is 107 Å². The van der Waals surface area contributed by atoms with Crippen molar-refractivity contribution < 1.29 is 19.6 Å². The van der Waals surface area contributed by atoms with E-state index in [2.05, 4.69) is 0 Å². The van der Waals surface area contributed by atoms with Crippen molar-refractivity contribution in [1.29, 1.82) is 0 Å². The first-order valence-electron chi connectivity index (χ1n) is 14.8. The zero-order valence-electron chi connectivity index (χ0n) is 23.2. The van der Waals surface area contributed by atoms with Gasteiger partial charge in [-0.15, -0.1) is 0 Å². The third-order valence-corrected chi connectivity index (χ3v) is 9.91. The molecule has 0 radical (unpaired) electrons. The van der Waals surface area contributed by atoms with Gasteiger partial charge in [-0.1, -0.05) is 42.5 Å². The molecule has 8 heteroatoms. The van der Waals surface area contributed by atoms with Gasteiger partial charge in [0.25, 0.3) is 5.91 Å². The number of carbonyl (C=O) groups excluding carboxylic acids is 3. The molecule has 40 heavy (non-hydrogen) atoms. The Hall–Kier alpha value is -3.39. The van der Waals surface area contributed by atoms with Crippen molar-refractivity contribution in [3.8, 4) is 0 Å². The Balaban J connectivity index is 1.31. The number of benzene rings is 2. The maximum atomic E-state index is 14.4. The maximum absolute atomic E-state index is 14.4. The van der Waals surface area contributed by atoms with Gasteiger partial charge in [0.1, 0.15) is 12.6 Å². The smallest absolute Gasteiger partial charge is 0.320 e. The first-order chi connectivity index (χ1) is 19.2. The highest BCUT2D eigenvalue weighted by molar-refractivity contribution is 6.00. The first kappa shape index (κ1) is 26.8. The van der Waals surface area contributed by atoms with E-state index in [0.29, 0.717) is 42.7 Å². The molecule has 2 unspecified atom stereocenters. The highest BCUT2D eigenvalue weighted by atomic mass is 16.5. The van der Waals surface area contributed by atoms with Gasteiger partial charge in [-0.25, -0.2) is 9.86 Å². The van der Waals surface area contributed by atoms with Crippen molar-refractivity contribution in [2.24, 2.45) is 23.5 Å². The Morgan fingerprint density at radius 3 is 2.23 bits per heavy atom. The van der Waals surface area contributed by atoms with Gasteiger partial charge in [-0.3, -0.25) is 19.7 Å². The van der Waals surface area contributed by atoms with Crippen molar-refractivity contribution in [2.75, 3.05) is 11.4 Å². The quantitative estimate of drug-likeness (QED) is 0.386. The van der Waals surface area contributed by atoms with Crippen molar-refractivity contribution in [1.82, 2.24) is 9.96 Å². The number of primary amides is 1. The molecule has 2 atom stereocenters. The lowest BCUT2D eigenvalue weighted by Gasteiger charge is -2.58. The van der Waals surface area contributed by atoms with Gasteiger partial charge in [0.2, 0.25) is 5.91 Å². The fraction of sp³-hybridized carbons (Fsp3) is 0.531. The SMILES string of the molecule is Cc1cccc(N(C(N)=O)C2CCCC(c3ccccc3)N(CC(=O)N(O)C34CC5CC(CC(C5)C3)C4)C2=O)c1. The summed E-state index contributed by atoms with van der Waals surface area (Å²) >= 11 is 0. The van der Waals surface area contributed by atoms with Crippen LogP contribution in [-0.2, 0) is 9.59 Å². The lowest BCUT2D eigenvalue weighted by molar-refractivity contribution is -0.227. The molecule has 4 aliphatic carbocycles. The van der Waals surface area contributed by atoms with Crippen molar-refractivity contribution in [3.05, 3.63) is 65.7 Å². The number of hydrogen-bond donors (Lipinski definition) is 2. The van der Waals surface area contributed by atoms with Gasteiger partial charge in [0.15, 0.2) is 0 Å². The Morgan fingerprint density at radius 2 is 1.62 bits per heavy atom. The molecule has 212 valence electrons. The van der Waals surface area contributed by atoms with E-state index in [-0.39, 0.29) is 18.5 Å². The predicted molar refractivity (Wildman–Crippen MR) is 151 cm³/mol. The summed E-state index contributed by atoms with van der Waals surface area (Å²) in [6.07, 6.45) is 7.86. The van der Waals surface area contributed by atoms with E-state index in [9.17, 15) is 19.6 Å². The molecule has 2 aromatic carbocycles. The molecule has 1 heterocycles. The second-order valence-electron chi connectivity index (χ2n) is 12.7. The first-order valence-corrected chi connectivity index (χ1v) is 14.8. The Bertz CT molecular complexity index is 1250. The van der Waals surface area contributed by atoms with Gasteiger partial charge in [-0.05, 0) is 106 Å². The van der Waals surface area contributed by atoms with Gasteiger partial charge < -0.3 is 10.6 Å². The van der Waals surface area contributed by atoms with Crippen LogP contribution in [0.2, 0.25) is 0 Å². The molecule has 0 spiro atoms. The van der Waals surface area contributed by atoms with E-state index in [1.54, 1.807) is 11.0 Å². The molecule has 5 aliphatic rings. The second-order valence-corrected chi connectivity index (χ2v) is 12.7. The predicted octanol–water partition coefficient (Wildman–Crippen LogP) is 5.19. The summed E-state index contributed by atoms with van der Waals surface area (Å²) < 4.78 is 0. The Kier molecular flexibility index (Phi) is 7.07. The van der Waals surface area contributed by atoms with E-state index in [1.165, 1.54) is 24.2 Å². The summed E-state index contributed by atoms with van der Waals surface area (Å²) in [5.41, 5.74) is 7.80. The van der Waals surface area contributed by atoms with Gasteiger partial charge in [0.05, 0.1) is 11.6 Å². The second kappa shape index (κ2) is 10.5. The Labute approximate surface area is 236 Å². The highest BCUT2D eigenvalue weighted by Crippen LogP contribution is 2.57. The molecule has 5 fully saturated rings. The fourth-order valence-corrected chi connectivity index (χ4v) is 8.62. The van der Waals surface area contributed by atoms with Crippen molar-refractivity contribution in [2.45, 2.75) is 82.3 Å². The number of nitrogens with zero attached hydrogens (tertiary/aromatic N) is 3. The van der Waals surface area contributed by atoms with E-state index < -0.39 is 23.5 Å². The number of aryl methyl sites for hydroxylation is 1. The lowest BCUT2D eigenvalue weighted by atomic mass is 9.53. The summed E-state index contributed by atoms with van der Waals surface area (Å²) in [5, 5.41) is 12.5. The molecular weight excluding hydrogens is 504 g/mol. The number of hydrogen-bond acceptors (Lipinski definition) is 4. The van der Waals surface area contributed by atoms with E-state index in [4.69, 9.17) is 5.73 Å². The summed E-state index contributed by atoms with van der Waals surface area (Å²) in [7, 11) is 0. The van der Waals surface area contributed by atoms with Crippen LogP contribution in [0.25, 0.3) is 0 Å². The zero-order valence-corrected chi connectivity index (χ0v) is 23.2. The standard InChI is InChI=1S/C32H40N4O4/c1-21-7-5-10-26(13-21)35(31(33)39)28-12-6-11-27(25-8-3-2-4-9-25)34(30(28)38)20-29(37)36(40)32-17-22-14-23(18-32)16-24(15-22)19-32/h2-5,7-10,13,22-24,27-28,40H,6,11-12,14-20H2,1H3,(H2,33,39). The van der Waals surface area contributed by atoms with Crippen LogP contribution < -0.4 is 10.6 Å². The average molecular weight is 545 g/mol. The summed E-state index contributed by atoms with van der Waals surface area (Å²) in [4.78, 5) is 44.0. The van der Waals surface area contributed by atoms with Crippen LogP contribution in [0.15, 0.2) is 54.6 Å². The fourth-order valence-electron chi connectivity index (χ4n) is 8.62. The minimum Gasteiger partial charge on any atom is -0.351 e. The van der Waals surface area contributed by atoms with Crippen LogP contribution in [0, 0.1) is 24.7 Å². The summed E-state index contributed by atoms with van der Waals surface area (Å²) in [6.45, 7) is 1.68. The largest absolute Gasteiger partial charge is 0.351 e. The third-order valence-electron chi connectivity index (χ3n) is 9.91. The highest BCUT2D eigenvalue weighted by Gasteiger charge is 2.55. The number of amides is 4. The molecule has 2 aromatic rings. The molecular formula is C32H40N4O4. The Morgan fingerprint density at radius 1 is 0.975 bits per heavy atom.